The molecule has 92 valence electrons. The molecule has 3 N–H and O–H groups in total. The average Bonchev–Trinajstić information content (AvgIpc) is 2.67. The summed E-state index contributed by atoms with van der Waals surface area (Å²) in [5.41, 5.74) is 5.34. The van der Waals surface area contributed by atoms with Gasteiger partial charge in [-0.15, -0.1) is 0 Å². The van der Waals surface area contributed by atoms with Crippen molar-refractivity contribution in [2.75, 3.05) is 13.1 Å². The fourth-order valence-electron chi connectivity index (χ4n) is 1.42. The van der Waals surface area contributed by atoms with Crippen LogP contribution in [0.3, 0.4) is 0 Å². The zero-order chi connectivity index (χ0) is 11.7. The minimum absolute atomic E-state index is 0.0625. The number of nitrogens with one attached hydrogen (secondary N) is 1. The number of hydrogen-bond acceptors (Lipinski definition) is 2. The van der Waals surface area contributed by atoms with Gasteiger partial charge in [-0.25, -0.2) is 8.78 Å². The van der Waals surface area contributed by atoms with Crippen molar-refractivity contribution in [3.63, 3.8) is 0 Å². The molecule has 0 aromatic heterocycles. The molecule has 1 aliphatic rings. The Hall–Kier alpha value is -0.220. The van der Waals surface area contributed by atoms with Crippen LogP contribution < -0.4 is 11.1 Å². The first-order chi connectivity index (χ1) is 6.99. The van der Waals surface area contributed by atoms with Crippen LogP contribution in [0.4, 0.5) is 8.78 Å². The van der Waals surface area contributed by atoms with Crippen LogP contribution in [-0.4, -0.2) is 25.1 Å². The Morgan fingerprint density at radius 2 is 1.80 bits per heavy atom. The average molecular weight is 222 g/mol. The zero-order valence-electron chi connectivity index (χ0n) is 9.86. The first-order valence-corrected chi connectivity index (χ1v) is 5.81. The third-order valence-corrected chi connectivity index (χ3v) is 2.55. The van der Waals surface area contributed by atoms with Crippen LogP contribution in [0.1, 0.15) is 46.0 Å². The highest BCUT2D eigenvalue weighted by atomic mass is 19.3. The van der Waals surface area contributed by atoms with E-state index in [2.05, 4.69) is 5.32 Å². The molecular weight excluding hydrogens is 198 g/mol. The van der Waals surface area contributed by atoms with Crippen LogP contribution in [0.25, 0.3) is 0 Å². The number of rotatable bonds is 4. The van der Waals surface area contributed by atoms with Crippen molar-refractivity contribution in [2.45, 2.75) is 57.9 Å². The lowest BCUT2D eigenvalue weighted by Gasteiger charge is -2.08. The number of alkyl halides is 2. The molecule has 0 spiro atoms. The maximum absolute atomic E-state index is 11.5. The summed E-state index contributed by atoms with van der Waals surface area (Å²) in [6.07, 6.45) is 5.47. The zero-order valence-corrected chi connectivity index (χ0v) is 9.86. The number of hydrogen-bond donors (Lipinski definition) is 2. The van der Waals surface area contributed by atoms with E-state index in [1.165, 1.54) is 32.6 Å². The van der Waals surface area contributed by atoms with Gasteiger partial charge in [-0.05, 0) is 19.8 Å². The first kappa shape index (κ1) is 14.8. The molecule has 1 aliphatic carbocycles. The third kappa shape index (κ3) is 10.1. The van der Waals surface area contributed by atoms with Gasteiger partial charge in [0.05, 0.1) is 0 Å². The molecule has 4 heteroatoms. The van der Waals surface area contributed by atoms with Crippen molar-refractivity contribution in [1.29, 1.82) is 0 Å². The second-order valence-corrected chi connectivity index (χ2v) is 4.15. The van der Waals surface area contributed by atoms with Gasteiger partial charge in [-0.1, -0.05) is 19.8 Å². The molecule has 0 atom stereocenters. The molecule has 1 saturated carbocycles. The second kappa shape index (κ2) is 7.99. The van der Waals surface area contributed by atoms with Gasteiger partial charge in [-0.3, -0.25) is 0 Å². The van der Waals surface area contributed by atoms with Gasteiger partial charge < -0.3 is 11.1 Å². The van der Waals surface area contributed by atoms with Crippen LogP contribution in [0, 0.1) is 0 Å². The first-order valence-electron chi connectivity index (χ1n) is 5.81. The van der Waals surface area contributed by atoms with Gasteiger partial charge in [0, 0.05) is 25.6 Å². The molecule has 0 saturated heterocycles. The number of nitrogens with two attached hydrogens (primary N) is 1. The SMILES string of the molecule is CCC(C)(F)F.NCCNC1CCCC1. The quantitative estimate of drug-likeness (QED) is 0.767. The van der Waals surface area contributed by atoms with Gasteiger partial charge in [0.1, 0.15) is 0 Å². The van der Waals surface area contributed by atoms with Crippen LogP contribution in [0.15, 0.2) is 0 Å². The summed E-state index contributed by atoms with van der Waals surface area (Å²) in [6, 6.07) is 0.786. The Morgan fingerprint density at radius 1 is 1.33 bits per heavy atom. The monoisotopic (exact) mass is 222 g/mol. The normalized spacial score (nSPS) is 17.4. The molecule has 0 aliphatic heterocycles. The van der Waals surface area contributed by atoms with E-state index in [1.54, 1.807) is 0 Å². The Labute approximate surface area is 91.6 Å². The van der Waals surface area contributed by atoms with Crippen LogP contribution in [0.5, 0.6) is 0 Å². The molecule has 15 heavy (non-hydrogen) atoms. The van der Waals surface area contributed by atoms with Crippen LogP contribution in [0.2, 0.25) is 0 Å². The van der Waals surface area contributed by atoms with Crippen LogP contribution in [-0.2, 0) is 0 Å². The van der Waals surface area contributed by atoms with E-state index in [-0.39, 0.29) is 6.42 Å². The van der Waals surface area contributed by atoms with E-state index in [1.807, 2.05) is 0 Å². The van der Waals surface area contributed by atoms with Crippen LogP contribution >= 0.6 is 0 Å². The molecule has 0 aromatic carbocycles. The molecule has 1 fully saturated rings. The number of halogens is 2. The summed E-state index contributed by atoms with van der Waals surface area (Å²) >= 11 is 0. The largest absolute Gasteiger partial charge is 0.329 e. The van der Waals surface area contributed by atoms with E-state index in [9.17, 15) is 8.78 Å². The summed E-state index contributed by atoms with van der Waals surface area (Å²) in [6.45, 7) is 4.13. The predicted molar refractivity (Wildman–Crippen MR) is 60.2 cm³/mol. The van der Waals surface area contributed by atoms with Gasteiger partial charge in [0.15, 0.2) is 0 Å². The highest BCUT2D eigenvalue weighted by molar-refractivity contribution is 4.73. The second-order valence-electron chi connectivity index (χ2n) is 4.15. The molecule has 2 nitrogen and oxygen atoms in total. The lowest BCUT2D eigenvalue weighted by atomic mass is 10.2. The topological polar surface area (TPSA) is 38.0 Å². The molecule has 1 rings (SSSR count). The summed E-state index contributed by atoms with van der Waals surface area (Å²) in [5.74, 6) is -2.46. The molecule has 0 amide bonds. The lowest BCUT2D eigenvalue weighted by Crippen LogP contribution is -2.30. The summed E-state index contributed by atoms with van der Waals surface area (Å²) in [4.78, 5) is 0. The van der Waals surface area contributed by atoms with E-state index in [0.29, 0.717) is 0 Å². The van der Waals surface area contributed by atoms with E-state index in [0.717, 1.165) is 26.1 Å². The molecule has 0 unspecified atom stereocenters. The summed E-state index contributed by atoms with van der Waals surface area (Å²) < 4.78 is 22.9. The molecular formula is C11H24F2N2. The third-order valence-electron chi connectivity index (χ3n) is 2.55. The van der Waals surface area contributed by atoms with Crippen molar-refractivity contribution in [2.24, 2.45) is 5.73 Å². The van der Waals surface area contributed by atoms with Crippen molar-refractivity contribution >= 4 is 0 Å². The highest BCUT2D eigenvalue weighted by Gasteiger charge is 2.15. The van der Waals surface area contributed by atoms with Gasteiger partial charge in [0.25, 0.3) is 0 Å². The van der Waals surface area contributed by atoms with E-state index < -0.39 is 5.92 Å². The summed E-state index contributed by atoms with van der Waals surface area (Å²) in [7, 11) is 0. The van der Waals surface area contributed by atoms with Gasteiger partial charge in [-0.2, -0.15) is 0 Å². The van der Waals surface area contributed by atoms with Crippen molar-refractivity contribution in [1.82, 2.24) is 5.32 Å². The molecule has 0 heterocycles. The molecule has 0 bridgehead atoms. The fraction of sp³-hybridized carbons (Fsp3) is 1.00. The maximum atomic E-state index is 11.5. The Kier molecular flexibility index (Phi) is 7.88. The highest BCUT2D eigenvalue weighted by Crippen LogP contribution is 2.16. The fourth-order valence-corrected chi connectivity index (χ4v) is 1.42. The molecule has 0 radical (unpaired) electrons. The molecule has 0 aromatic rings. The predicted octanol–water partition coefficient (Wildman–Crippen LogP) is 2.53. The van der Waals surface area contributed by atoms with E-state index >= 15 is 0 Å². The Morgan fingerprint density at radius 3 is 2.13 bits per heavy atom. The maximum Gasteiger partial charge on any atom is 0.245 e. The smallest absolute Gasteiger partial charge is 0.245 e. The minimum atomic E-state index is -2.46. The minimum Gasteiger partial charge on any atom is -0.329 e. The Bertz CT molecular complexity index is 140. The Balaban J connectivity index is 0.000000288. The summed E-state index contributed by atoms with van der Waals surface area (Å²) in [5, 5.41) is 3.41. The lowest BCUT2D eigenvalue weighted by molar-refractivity contribution is 0.0181. The van der Waals surface area contributed by atoms with Crippen molar-refractivity contribution < 1.29 is 8.78 Å². The van der Waals surface area contributed by atoms with E-state index in [4.69, 9.17) is 5.73 Å². The van der Waals surface area contributed by atoms with Crippen molar-refractivity contribution in [3.05, 3.63) is 0 Å². The van der Waals surface area contributed by atoms with Gasteiger partial charge >= 0.3 is 0 Å². The van der Waals surface area contributed by atoms with Gasteiger partial charge in [0.2, 0.25) is 5.92 Å². The van der Waals surface area contributed by atoms with Crippen molar-refractivity contribution in [3.8, 4) is 0 Å². The standard InChI is InChI=1S/C7H16N2.C4H8F2/c8-5-6-9-7-3-1-2-4-7;1-3-4(2,5)6/h7,9H,1-6,8H2;3H2,1-2H3.